The molecule has 1 N–H and O–H groups in total. The van der Waals surface area contributed by atoms with E-state index in [1.165, 1.54) is 7.11 Å². The van der Waals surface area contributed by atoms with Crippen molar-refractivity contribution in [2.75, 3.05) is 13.9 Å². The highest BCUT2D eigenvalue weighted by atomic mass is 16.7. The Balaban J connectivity index is 2.35. The largest absolute Gasteiger partial charge is 0.466 e. The van der Waals surface area contributed by atoms with E-state index in [9.17, 15) is 14.4 Å². The molecule has 1 unspecified atom stereocenters. The van der Waals surface area contributed by atoms with Gasteiger partial charge in [-0.15, -0.1) is 0 Å². The second kappa shape index (κ2) is 8.94. The molecule has 7 heteroatoms. The number of carbonyl (C=O) groups is 3. The summed E-state index contributed by atoms with van der Waals surface area (Å²) in [5.74, 6) is -2.38. The van der Waals surface area contributed by atoms with Crippen molar-refractivity contribution < 1.29 is 28.6 Å². The fourth-order valence-electron chi connectivity index (χ4n) is 3.05. The van der Waals surface area contributed by atoms with Gasteiger partial charge in [-0.25, -0.2) is 9.59 Å². The van der Waals surface area contributed by atoms with E-state index in [1.54, 1.807) is 34.6 Å². The number of rotatable bonds is 5. The zero-order valence-corrected chi connectivity index (χ0v) is 17.6. The predicted molar refractivity (Wildman–Crippen MR) is 106 cm³/mol. The Morgan fingerprint density at radius 2 is 1.48 bits per heavy atom. The van der Waals surface area contributed by atoms with Gasteiger partial charge in [-0.3, -0.25) is 4.79 Å². The normalized spacial score (nSPS) is 16.8. The third kappa shape index (κ3) is 5.04. The first kappa shape index (κ1) is 22.2. The smallest absolute Gasteiger partial charge is 0.339 e. The number of hydrogen-bond donors (Lipinski definition) is 1. The van der Waals surface area contributed by atoms with Crippen LogP contribution in [0, 0.1) is 5.41 Å². The van der Waals surface area contributed by atoms with Gasteiger partial charge in [-0.05, 0) is 40.2 Å². The van der Waals surface area contributed by atoms with Gasteiger partial charge in [-0.1, -0.05) is 30.3 Å². The van der Waals surface area contributed by atoms with Crippen LogP contribution in [0.4, 0.5) is 0 Å². The molecular weight excluding hydrogens is 374 g/mol. The van der Waals surface area contributed by atoms with Crippen LogP contribution in [-0.4, -0.2) is 31.8 Å². The summed E-state index contributed by atoms with van der Waals surface area (Å²) >= 11 is 0. The molecule has 0 spiro atoms. The molecule has 0 fully saturated rings. The monoisotopic (exact) mass is 401 g/mol. The van der Waals surface area contributed by atoms with Gasteiger partial charge in [0.05, 0.1) is 29.6 Å². The van der Waals surface area contributed by atoms with Gasteiger partial charge in [0, 0.05) is 11.4 Å². The highest BCUT2D eigenvalue weighted by Crippen LogP contribution is 2.39. The van der Waals surface area contributed by atoms with Gasteiger partial charge in [0.15, 0.2) is 0 Å². The zero-order valence-electron chi connectivity index (χ0n) is 17.6. The van der Waals surface area contributed by atoms with E-state index >= 15 is 0 Å². The zero-order chi connectivity index (χ0) is 21.8. The highest BCUT2D eigenvalue weighted by Gasteiger charge is 2.37. The summed E-state index contributed by atoms with van der Waals surface area (Å²) in [5.41, 5.74) is 1.76. The second-order valence-electron chi connectivity index (χ2n) is 7.77. The Kier molecular flexibility index (Phi) is 6.84. The van der Waals surface area contributed by atoms with Crippen molar-refractivity contribution in [2.24, 2.45) is 5.41 Å². The van der Waals surface area contributed by atoms with Crippen LogP contribution in [0.5, 0.6) is 0 Å². The van der Waals surface area contributed by atoms with Gasteiger partial charge >= 0.3 is 17.9 Å². The number of ether oxygens (including phenoxy) is 3. The van der Waals surface area contributed by atoms with Gasteiger partial charge in [0.1, 0.15) is 0 Å². The lowest BCUT2D eigenvalue weighted by Crippen LogP contribution is -2.33. The van der Waals surface area contributed by atoms with E-state index in [2.05, 4.69) is 5.32 Å². The standard InChI is InChI=1S/C22H27NO6/c1-13-16(19(24)27-6)18(15-10-8-7-9-11-15)17(14(2)23-13)20(25)28-12-29-21(26)22(3,4)5/h7-11,18,23H,12H2,1-6H3. The molecule has 156 valence electrons. The van der Waals surface area contributed by atoms with Crippen LogP contribution in [0.1, 0.15) is 46.1 Å². The lowest BCUT2D eigenvalue weighted by atomic mass is 9.80. The minimum atomic E-state index is -0.710. The molecule has 0 aliphatic carbocycles. The van der Waals surface area contributed by atoms with Crippen LogP contribution in [0.2, 0.25) is 0 Å². The maximum absolute atomic E-state index is 12.9. The number of dihydropyridines is 1. The fourth-order valence-corrected chi connectivity index (χ4v) is 3.05. The van der Waals surface area contributed by atoms with E-state index in [-0.39, 0.29) is 5.57 Å². The molecule has 29 heavy (non-hydrogen) atoms. The molecule has 7 nitrogen and oxygen atoms in total. The van der Waals surface area contributed by atoms with E-state index in [4.69, 9.17) is 14.2 Å². The summed E-state index contributed by atoms with van der Waals surface area (Å²) in [6.07, 6.45) is 0. The van der Waals surface area contributed by atoms with Crippen LogP contribution in [0.3, 0.4) is 0 Å². The molecule has 0 amide bonds. The van der Waals surface area contributed by atoms with Gasteiger partial charge in [0.25, 0.3) is 0 Å². The molecule has 1 aliphatic rings. The number of benzene rings is 1. The van der Waals surface area contributed by atoms with E-state index in [0.29, 0.717) is 17.0 Å². The first-order chi connectivity index (χ1) is 13.6. The third-order valence-corrected chi connectivity index (χ3v) is 4.51. The molecule has 2 rings (SSSR count). The van der Waals surface area contributed by atoms with Gasteiger partial charge in [0.2, 0.25) is 6.79 Å². The fraction of sp³-hybridized carbons (Fsp3) is 0.409. The summed E-state index contributed by atoms with van der Waals surface area (Å²) < 4.78 is 15.2. The number of nitrogens with one attached hydrogen (secondary N) is 1. The number of hydrogen-bond acceptors (Lipinski definition) is 7. The van der Waals surface area contributed by atoms with Crippen molar-refractivity contribution in [1.29, 1.82) is 0 Å². The Morgan fingerprint density at radius 1 is 0.931 bits per heavy atom. The SMILES string of the molecule is COC(=O)C1=C(C)NC(C)=C(C(=O)OCOC(=O)C(C)(C)C)C1c1ccccc1. The van der Waals surface area contributed by atoms with Crippen LogP contribution >= 0.6 is 0 Å². The number of allylic oxidation sites excluding steroid dienone is 2. The summed E-state index contributed by atoms with van der Waals surface area (Å²) in [5, 5.41) is 3.05. The van der Waals surface area contributed by atoms with Crippen LogP contribution in [0.25, 0.3) is 0 Å². The Labute approximate surface area is 170 Å². The molecule has 0 saturated heterocycles. The van der Waals surface area contributed by atoms with Gasteiger partial charge < -0.3 is 19.5 Å². The van der Waals surface area contributed by atoms with Crippen molar-refractivity contribution in [1.82, 2.24) is 5.32 Å². The number of methoxy groups -OCH3 is 1. The van der Waals surface area contributed by atoms with Gasteiger partial charge in [-0.2, -0.15) is 0 Å². The van der Waals surface area contributed by atoms with Crippen molar-refractivity contribution in [3.8, 4) is 0 Å². The average molecular weight is 401 g/mol. The maximum Gasteiger partial charge on any atom is 0.339 e. The minimum Gasteiger partial charge on any atom is -0.466 e. The van der Waals surface area contributed by atoms with Crippen LogP contribution in [0.15, 0.2) is 52.9 Å². The quantitative estimate of drug-likeness (QED) is 0.598. The topological polar surface area (TPSA) is 90.9 Å². The maximum atomic E-state index is 12.9. The molecule has 0 radical (unpaired) electrons. The Morgan fingerprint density at radius 3 is 2.00 bits per heavy atom. The van der Waals surface area contributed by atoms with Crippen molar-refractivity contribution in [2.45, 2.75) is 40.5 Å². The number of carbonyl (C=O) groups excluding carboxylic acids is 3. The van der Waals surface area contributed by atoms with Crippen LogP contribution < -0.4 is 5.32 Å². The Hall–Kier alpha value is -3.09. The summed E-state index contributed by atoms with van der Waals surface area (Å²) in [6.45, 7) is 8.08. The molecule has 0 aromatic heterocycles. The van der Waals surface area contributed by atoms with Crippen molar-refractivity contribution in [3.05, 3.63) is 58.4 Å². The predicted octanol–water partition coefficient (Wildman–Crippen LogP) is 3.18. The molecule has 1 aromatic rings. The second-order valence-corrected chi connectivity index (χ2v) is 7.77. The summed E-state index contributed by atoms with van der Waals surface area (Å²) in [7, 11) is 1.29. The van der Waals surface area contributed by atoms with E-state index in [0.717, 1.165) is 5.56 Å². The Bertz CT molecular complexity index is 861. The van der Waals surface area contributed by atoms with Crippen molar-refractivity contribution >= 4 is 17.9 Å². The lowest BCUT2D eigenvalue weighted by molar-refractivity contribution is -0.171. The summed E-state index contributed by atoms with van der Waals surface area (Å²) in [4.78, 5) is 37.3. The minimum absolute atomic E-state index is 0.258. The summed E-state index contributed by atoms with van der Waals surface area (Å²) in [6, 6.07) is 9.15. The molecule has 1 aliphatic heterocycles. The highest BCUT2D eigenvalue weighted by molar-refractivity contribution is 5.99. The van der Waals surface area contributed by atoms with Crippen LogP contribution in [-0.2, 0) is 28.6 Å². The molecular formula is C22H27NO6. The first-order valence-corrected chi connectivity index (χ1v) is 9.24. The molecule has 1 heterocycles. The molecule has 1 atom stereocenters. The third-order valence-electron chi connectivity index (χ3n) is 4.51. The first-order valence-electron chi connectivity index (χ1n) is 9.24. The van der Waals surface area contributed by atoms with E-state index < -0.39 is 36.0 Å². The molecule has 1 aromatic carbocycles. The van der Waals surface area contributed by atoms with E-state index in [1.807, 2.05) is 30.3 Å². The molecule has 0 saturated carbocycles. The lowest BCUT2D eigenvalue weighted by Gasteiger charge is -2.30. The average Bonchev–Trinajstić information content (AvgIpc) is 2.66. The van der Waals surface area contributed by atoms with Crippen molar-refractivity contribution in [3.63, 3.8) is 0 Å². The number of esters is 3. The molecule has 0 bridgehead atoms.